The minimum absolute atomic E-state index is 0.172. The molecule has 0 unspecified atom stereocenters. The van der Waals surface area contributed by atoms with Gasteiger partial charge in [0.2, 0.25) is 0 Å². The van der Waals surface area contributed by atoms with Crippen LogP contribution in [0.5, 0.6) is 0 Å². The van der Waals surface area contributed by atoms with Crippen LogP contribution >= 0.6 is 15.9 Å². The van der Waals surface area contributed by atoms with E-state index < -0.39 is 5.60 Å². The summed E-state index contributed by atoms with van der Waals surface area (Å²) in [6, 6.07) is 9.19. The first kappa shape index (κ1) is 21.4. The average Bonchev–Trinajstić information content (AvgIpc) is 3.09. The molecule has 3 rings (SSSR count). The summed E-state index contributed by atoms with van der Waals surface area (Å²) in [5.41, 5.74) is 0.896. The number of ether oxygens (including phenoxy) is 1. The lowest BCUT2D eigenvalue weighted by Crippen LogP contribution is -2.48. The number of likely N-dealkylation sites (tertiary alicyclic amines) is 1. The quantitative estimate of drug-likeness (QED) is 0.669. The van der Waals surface area contributed by atoms with E-state index in [2.05, 4.69) is 57.0 Å². The zero-order valence-electron chi connectivity index (χ0n) is 17.7. The minimum atomic E-state index is -0.423. The summed E-state index contributed by atoms with van der Waals surface area (Å²) >= 11 is 3.51. The Bertz CT molecular complexity index is 651. The first-order chi connectivity index (χ1) is 13.2. The number of halogens is 1. The van der Waals surface area contributed by atoms with Crippen LogP contribution in [0.3, 0.4) is 0 Å². The highest BCUT2D eigenvalue weighted by Crippen LogP contribution is 2.27. The topological polar surface area (TPSA) is 36.0 Å². The van der Waals surface area contributed by atoms with Crippen molar-refractivity contribution in [2.24, 2.45) is 5.92 Å². The fourth-order valence-corrected chi connectivity index (χ4v) is 4.50. The zero-order valence-corrected chi connectivity index (χ0v) is 19.2. The molecule has 0 spiro atoms. The van der Waals surface area contributed by atoms with Crippen molar-refractivity contribution in [2.45, 2.75) is 51.7 Å². The first-order valence-electron chi connectivity index (χ1n) is 10.4. The molecule has 0 aliphatic carbocycles. The second kappa shape index (κ2) is 9.04. The average molecular weight is 452 g/mol. The molecule has 0 radical (unpaired) electrons. The third-order valence-electron chi connectivity index (χ3n) is 5.76. The molecule has 2 fully saturated rings. The van der Waals surface area contributed by atoms with Gasteiger partial charge in [-0.25, -0.2) is 4.79 Å². The summed E-state index contributed by atoms with van der Waals surface area (Å²) in [6.07, 6.45) is 3.13. The van der Waals surface area contributed by atoms with E-state index in [4.69, 9.17) is 4.74 Å². The fraction of sp³-hybridized carbons (Fsp3) is 0.682. The van der Waals surface area contributed by atoms with Gasteiger partial charge >= 0.3 is 6.09 Å². The van der Waals surface area contributed by atoms with E-state index in [1.54, 1.807) is 0 Å². The lowest BCUT2D eigenvalue weighted by Gasteiger charge is -2.38. The smallest absolute Gasteiger partial charge is 0.410 e. The third kappa shape index (κ3) is 5.86. The predicted octanol–water partition coefficient (Wildman–Crippen LogP) is 4.61. The Morgan fingerprint density at radius 3 is 2.39 bits per heavy atom. The second-order valence-electron chi connectivity index (χ2n) is 9.22. The number of carbonyl (C=O) groups excluding carboxylic acids is 1. The van der Waals surface area contributed by atoms with Crippen LogP contribution in [0.1, 0.15) is 40.0 Å². The molecule has 6 heteroatoms. The van der Waals surface area contributed by atoms with Gasteiger partial charge in [-0.05, 0) is 77.3 Å². The highest BCUT2D eigenvalue weighted by atomic mass is 79.9. The van der Waals surface area contributed by atoms with Crippen LogP contribution in [0.25, 0.3) is 0 Å². The third-order valence-corrected chi connectivity index (χ3v) is 6.29. The monoisotopic (exact) mass is 451 g/mol. The molecule has 2 saturated heterocycles. The van der Waals surface area contributed by atoms with E-state index in [-0.39, 0.29) is 6.09 Å². The molecule has 28 heavy (non-hydrogen) atoms. The first-order valence-corrected chi connectivity index (χ1v) is 11.2. The Hall–Kier alpha value is -1.27. The maximum Gasteiger partial charge on any atom is 0.410 e. The van der Waals surface area contributed by atoms with Crippen LogP contribution in [0.2, 0.25) is 0 Å². The molecule has 1 aromatic rings. The van der Waals surface area contributed by atoms with Crippen molar-refractivity contribution in [3.05, 3.63) is 28.7 Å². The van der Waals surface area contributed by atoms with E-state index in [0.29, 0.717) is 12.0 Å². The maximum atomic E-state index is 12.2. The molecule has 1 atom stereocenters. The number of anilines is 1. The Labute approximate surface area is 178 Å². The van der Waals surface area contributed by atoms with E-state index >= 15 is 0 Å². The van der Waals surface area contributed by atoms with Gasteiger partial charge in [-0.15, -0.1) is 0 Å². The molecule has 2 aliphatic rings. The van der Waals surface area contributed by atoms with Crippen LogP contribution in [0, 0.1) is 5.92 Å². The lowest BCUT2D eigenvalue weighted by molar-refractivity contribution is 0.0151. The van der Waals surface area contributed by atoms with Gasteiger partial charge in [-0.1, -0.05) is 15.9 Å². The maximum absolute atomic E-state index is 12.2. The van der Waals surface area contributed by atoms with Gasteiger partial charge < -0.3 is 19.4 Å². The van der Waals surface area contributed by atoms with Crippen LogP contribution < -0.4 is 4.90 Å². The van der Waals surface area contributed by atoms with E-state index in [9.17, 15) is 4.79 Å². The molecule has 0 bridgehead atoms. The summed E-state index contributed by atoms with van der Waals surface area (Å²) in [5.74, 6) is 0.706. The minimum Gasteiger partial charge on any atom is -0.444 e. The van der Waals surface area contributed by atoms with Crippen molar-refractivity contribution in [3.63, 3.8) is 0 Å². The molecule has 5 nitrogen and oxygen atoms in total. The van der Waals surface area contributed by atoms with Crippen molar-refractivity contribution in [1.29, 1.82) is 0 Å². The summed E-state index contributed by atoms with van der Waals surface area (Å²) in [5, 5.41) is 0. The standard InChI is InChI=1S/C22H34BrN3O2/c1-22(2,3)28-21(27)25-13-10-19(11-14-25)24(4)15-17-9-12-26(16-17)20-7-5-18(23)6-8-20/h5-8,17,19H,9-16H2,1-4H3/t17-/m1/s1. The number of benzene rings is 1. The summed E-state index contributed by atoms with van der Waals surface area (Å²) in [6.45, 7) is 10.7. The van der Waals surface area contributed by atoms with Crippen LogP contribution in [0.15, 0.2) is 28.7 Å². The van der Waals surface area contributed by atoms with Crippen LogP contribution in [-0.2, 0) is 4.74 Å². The molecular weight excluding hydrogens is 418 g/mol. The Kier molecular flexibility index (Phi) is 6.92. The van der Waals surface area contributed by atoms with E-state index in [1.165, 1.54) is 12.1 Å². The normalized spacial score (nSPS) is 21.4. The highest BCUT2D eigenvalue weighted by Gasteiger charge is 2.30. The van der Waals surface area contributed by atoms with Crippen molar-refractivity contribution >= 4 is 27.7 Å². The fourth-order valence-electron chi connectivity index (χ4n) is 4.24. The number of nitrogens with zero attached hydrogens (tertiary/aromatic N) is 3. The van der Waals surface area contributed by atoms with Gasteiger partial charge in [0.05, 0.1) is 0 Å². The summed E-state index contributed by atoms with van der Waals surface area (Å²) < 4.78 is 6.64. The molecule has 0 N–H and O–H groups in total. The number of hydrogen-bond acceptors (Lipinski definition) is 4. The van der Waals surface area contributed by atoms with Gasteiger partial charge in [-0.3, -0.25) is 0 Å². The molecular formula is C22H34BrN3O2. The molecule has 2 aliphatic heterocycles. The summed E-state index contributed by atoms with van der Waals surface area (Å²) in [4.78, 5) is 19.1. The van der Waals surface area contributed by atoms with Crippen molar-refractivity contribution in [2.75, 3.05) is 44.7 Å². The molecule has 156 valence electrons. The van der Waals surface area contributed by atoms with E-state index in [0.717, 1.165) is 50.0 Å². The number of hydrogen-bond donors (Lipinski definition) is 0. The highest BCUT2D eigenvalue weighted by molar-refractivity contribution is 9.10. The molecule has 2 heterocycles. The van der Waals surface area contributed by atoms with Crippen LogP contribution in [0.4, 0.5) is 10.5 Å². The van der Waals surface area contributed by atoms with Crippen LogP contribution in [-0.4, -0.2) is 67.3 Å². The van der Waals surface area contributed by atoms with Crippen molar-refractivity contribution in [1.82, 2.24) is 9.80 Å². The van der Waals surface area contributed by atoms with Crippen molar-refractivity contribution in [3.8, 4) is 0 Å². The Morgan fingerprint density at radius 2 is 1.79 bits per heavy atom. The predicted molar refractivity (Wildman–Crippen MR) is 118 cm³/mol. The molecule has 1 amide bonds. The van der Waals surface area contributed by atoms with E-state index in [1.807, 2.05) is 25.7 Å². The Morgan fingerprint density at radius 1 is 1.14 bits per heavy atom. The molecule has 1 aromatic carbocycles. The van der Waals surface area contributed by atoms with Gasteiger partial charge in [0.15, 0.2) is 0 Å². The largest absolute Gasteiger partial charge is 0.444 e. The van der Waals surface area contributed by atoms with Gasteiger partial charge in [0.25, 0.3) is 0 Å². The number of piperidine rings is 1. The number of carbonyl (C=O) groups is 1. The van der Waals surface area contributed by atoms with Gasteiger partial charge in [-0.2, -0.15) is 0 Å². The Balaban J connectivity index is 1.43. The second-order valence-corrected chi connectivity index (χ2v) is 10.1. The van der Waals surface area contributed by atoms with Gasteiger partial charge in [0.1, 0.15) is 5.60 Å². The SMILES string of the molecule is CN(C[C@H]1CCN(c2ccc(Br)cc2)C1)C1CCN(C(=O)OC(C)(C)C)CC1. The van der Waals surface area contributed by atoms with Crippen molar-refractivity contribution < 1.29 is 9.53 Å². The zero-order chi connectivity index (χ0) is 20.3. The molecule has 0 saturated carbocycles. The number of amides is 1. The molecule has 0 aromatic heterocycles. The summed E-state index contributed by atoms with van der Waals surface area (Å²) in [7, 11) is 2.25. The lowest BCUT2D eigenvalue weighted by atomic mass is 10.0. The van der Waals surface area contributed by atoms with Gasteiger partial charge in [0, 0.05) is 48.9 Å². The number of rotatable bonds is 4.